The summed E-state index contributed by atoms with van der Waals surface area (Å²) in [6.45, 7) is 4.88. The van der Waals surface area contributed by atoms with Crippen molar-refractivity contribution in [2.75, 3.05) is 13.1 Å². The highest BCUT2D eigenvalue weighted by atomic mass is 16.2. The average molecular weight is 332 g/mol. The third-order valence-corrected chi connectivity index (χ3v) is 4.36. The number of aryl methyl sites for hydroxylation is 1. The SMILES string of the molecule is CCCN(CCC(=O)NC1CCCCC1)C(=O)c1cnc(C)cn1. The van der Waals surface area contributed by atoms with Crippen LogP contribution in [0.15, 0.2) is 12.4 Å². The van der Waals surface area contributed by atoms with Gasteiger partial charge in [-0.2, -0.15) is 0 Å². The molecule has 132 valence electrons. The van der Waals surface area contributed by atoms with E-state index in [4.69, 9.17) is 0 Å². The first-order valence-corrected chi connectivity index (χ1v) is 8.97. The van der Waals surface area contributed by atoms with Gasteiger partial charge in [-0.05, 0) is 26.2 Å². The van der Waals surface area contributed by atoms with E-state index in [-0.39, 0.29) is 11.8 Å². The fourth-order valence-electron chi connectivity index (χ4n) is 3.03. The van der Waals surface area contributed by atoms with Gasteiger partial charge in [0.1, 0.15) is 5.69 Å². The normalized spacial score (nSPS) is 15.1. The lowest BCUT2D eigenvalue weighted by Crippen LogP contribution is -2.40. The third-order valence-electron chi connectivity index (χ3n) is 4.36. The molecule has 0 radical (unpaired) electrons. The Morgan fingerprint density at radius 1 is 1.17 bits per heavy atom. The molecule has 1 fully saturated rings. The molecule has 1 heterocycles. The van der Waals surface area contributed by atoms with Crippen LogP contribution in [0.4, 0.5) is 0 Å². The summed E-state index contributed by atoms with van der Waals surface area (Å²) >= 11 is 0. The second-order valence-corrected chi connectivity index (χ2v) is 6.49. The Bertz CT molecular complexity index is 538. The molecule has 1 aromatic heterocycles. The van der Waals surface area contributed by atoms with Crippen LogP contribution >= 0.6 is 0 Å². The first-order valence-electron chi connectivity index (χ1n) is 8.97. The Labute approximate surface area is 144 Å². The predicted octanol–water partition coefficient (Wildman–Crippen LogP) is 2.48. The highest BCUT2D eigenvalue weighted by molar-refractivity contribution is 5.92. The van der Waals surface area contributed by atoms with Crippen molar-refractivity contribution in [3.63, 3.8) is 0 Å². The lowest BCUT2D eigenvalue weighted by atomic mass is 9.95. The highest BCUT2D eigenvalue weighted by Gasteiger charge is 2.19. The Morgan fingerprint density at radius 3 is 2.54 bits per heavy atom. The van der Waals surface area contributed by atoms with Crippen molar-refractivity contribution >= 4 is 11.8 Å². The summed E-state index contributed by atoms with van der Waals surface area (Å²) in [4.78, 5) is 34.7. The van der Waals surface area contributed by atoms with Crippen LogP contribution in [0.5, 0.6) is 0 Å². The minimum atomic E-state index is -0.158. The smallest absolute Gasteiger partial charge is 0.274 e. The van der Waals surface area contributed by atoms with Crippen LogP contribution in [0.3, 0.4) is 0 Å². The minimum Gasteiger partial charge on any atom is -0.353 e. The van der Waals surface area contributed by atoms with Gasteiger partial charge in [-0.1, -0.05) is 26.2 Å². The van der Waals surface area contributed by atoms with Crippen molar-refractivity contribution in [2.24, 2.45) is 0 Å². The lowest BCUT2D eigenvalue weighted by molar-refractivity contribution is -0.122. The average Bonchev–Trinajstić information content (AvgIpc) is 2.59. The minimum absolute atomic E-state index is 0.0331. The van der Waals surface area contributed by atoms with Crippen LogP contribution in [0, 0.1) is 6.92 Å². The van der Waals surface area contributed by atoms with Gasteiger partial charge in [0.05, 0.1) is 11.9 Å². The van der Waals surface area contributed by atoms with Crippen molar-refractivity contribution in [1.29, 1.82) is 0 Å². The molecule has 1 aliphatic rings. The molecule has 6 heteroatoms. The van der Waals surface area contributed by atoms with E-state index in [0.717, 1.165) is 25.0 Å². The molecule has 1 aliphatic carbocycles. The molecular formula is C18H28N4O2. The van der Waals surface area contributed by atoms with Crippen LogP contribution in [0.2, 0.25) is 0 Å². The number of hydrogen-bond acceptors (Lipinski definition) is 4. The molecule has 0 atom stereocenters. The Balaban J connectivity index is 1.86. The van der Waals surface area contributed by atoms with E-state index in [1.165, 1.54) is 25.5 Å². The van der Waals surface area contributed by atoms with Gasteiger partial charge in [0.25, 0.3) is 5.91 Å². The number of amides is 2. The number of nitrogens with zero attached hydrogens (tertiary/aromatic N) is 3. The second kappa shape index (κ2) is 9.35. The van der Waals surface area contributed by atoms with Crippen LogP contribution < -0.4 is 5.32 Å². The number of nitrogens with one attached hydrogen (secondary N) is 1. The quantitative estimate of drug-likeness (QED) is 0.832. The van der Waals surface area contributed by atoms with Gasteiger partial charge in [-0.25, -0.2) is 4.98 Å². The zero-order valence-corrected chi connectivity index (χ0v) is 14.8. The number of aromatic nitrogens is 2. The van der Waals surface area contributed by atoms with Gasteiger partial charge < -0.3 is 10.2 Å². The summed E-state index contributed by atoms with van der Waals surface area (Å²) in [5.41, 5.74) is 1.11. The van der Waals surface area contributed by atoms with Crippen LogP contribution in [-0.4, -0.2) is 45.8 Å². The Kier molecular flexibility index (Phi) is 7.15. The van der Waals surface area contributed by atoms with E-state index < -0.39 is 0 Å². The lowest BCUT2D eigenvalue weighted by Gasteiger charge is -2.24. The number of rotatable bonds is 7. The van der Waals surface area contributed by atoms with Crippen molar-refractivity contribution in [2.45, 2.75) is 64.8 Å². The third kappa shape index (κ3) is 5.58. The summed E-state index contributed by atoms with van der Waals surface area (Å²) in [7, 11) is 0. The molecule has 0 saturated heterocycles. The monoisotopic (exact) mass is 332 g/mol. The van der Waals surface area contributed by atoms with Gasteiger partial charge >= 0.3 is 0 Å². The van der Waals surface area contributed by atoms with E-state index in [1.807, 2.05) is 13.8 Å². The fraction of sp³-hybridized carbons (Fsp3) is 0.667. The molecule has 0 aliphatic heterocycles. The van der Waals surface area contributed by atoms with E-state index in [2.05, 4.69) is 15.3 Å². The summed E-state index contributed by atoms with van der Waals surface area (Å²) in [5.74, 6) is -0.124. The zero-order chi connectivity index (χ0) is 17.4. The maximum absolute atomic E-state index is 12.5. The van der Waals surface area contributed by atoms with Gasteiger partial charge in [-0.15, -0.1) is 0 Å². The van der Waals surface area contributed by atoms with Crippen LogP contribution in [0.1, 0.15) is 68.1 Å². The molecule has 2 amide bonds. The first-order chi connectivity index (χ1) is 11.6. The number of carbonyl (C=O) groups excluding carboxylic acids is 2. The largest absolute Gasteiger partial charge is 0.353 e. The fourth-order valence-corrected chi connectivity index (χ4v) is 3.03. The van der Waals surface area contributed by atoms with E-state index in [9.17, 15) is 9.59 Å². The number of hydrogen-bond donors (Lipinski definition) is 1. The van der Waals surface area contributed by atoms with Crippen molar-refractivity contribution in [3.05, 3.63) is 23.8 Å². The molecule has 0 unspecified atom stereocenters. The standard InChI is InChI=1S/C18H28N4O2/c1-3-10-22(18(24)16-13-19-14(2)12-20-16)11-9-17(23)21-15-7-5-4-6-8-15/h12-13,15H,3-11H2,1-2H3,(H,21,23). The molecular weight excluding hydrogens is 304 g/mol. The van der Waals surface area contributed by atoms with Gasteiger partial charge in [-0.3, -0.25) is 14.6 Å². The van der Waals surface area contributed by atoms with Crippen molar-refractivity contribution in [1.82, 2.24) is 20.2 Å². The van der Waals surface area contributed by atoms with E-state index in [0.29, 0.717) is 31.2 Å². The topological polar surface area (TPSA) is 75.2 Å². The van der Waals surface area contributed by atoms with Crippen LogP contribution in [0.25, 0.3) is 0 Å². The molecule has 2 rings (SSSR count). The Morgan fingerprint density at radius 2 is 1.92 bits per heavy atom. The van der Waals surface area contributed by atoms with Crippen molar-refractivity contribution in [3.8, 4) is 0 Å². The second-order valence-electron chi connectivity index (χ2n) is 6.49. The summed E-state index contributed by atoms with van der Waals surface area (Å²) in [6, 6.07) is 0.310. The molecule has 1 N–H and O–H groups in total. The van der Waals surface area contributed by atoms with Gasteiger partial charge in [0.2, 0.25) is 5.91 Å². The molecule has 0 bridgehead atoms. The summed E-state index contributed by atoms with van der Waals surface area (Å²) in [5, 5.41) is 3.10. The maximum atomic E-state index is 12.5. The van der Waals surface area contributed by atoms with Crippen molar-refractivity contribution < 1.29 is 9.59 Å². The summed E-state index contributed by atoms with van der Waals surface area (Å²) < 4.78 is 0. The van der Waals surface area contributed by atoms with E-state index >= 15 is 0 Å². The molecule has 24 heavy (non-hydrogen) atoms. The Hall–Kier alpha value is -1.98. The highest BCUT2D eigenvalue weighted by Crippen LogP contribution is 2.17. The molecule has 0 aromatic carbocycles. The summed E-state index contributed by atoms with van der Waals surface area (Å²) in [6.07, 6.45) is 10.1. The van der Waals surface area contributed by atoms with E-state index in [1.54, 1.807) is 11.1 Å². The molecule has 0 spiro atoms. The molecule has 1 saturated carbocycles. The first kappa shape index (κ1) is 18.4. The van der Waals surface area contributed by atoms with Gasteiger partial charge in [0, 0.05) is 31.7 Å². The van der Waals surface area contributed by atoms with Crippen LogP contribution in [-0.2, 0) is 4.79 Å². The molecule has 1 aromatic rings. The molecule has 6 nitrogen and oxygen atoms in total. The zero-order valence-electron chi connectivity index (χ0n) is 14.8. The predicted molar refractivity (Wildman–Crippen MR) is 92.6 cm³/mol. The van der Waals surface area contributed by atoms with Gasteiger partial charge in [0.15, 0.2) is 0 Å². The maximum Gasteiger partial charge on any atom is 0.274 e. The number of carbonyl (C=O) groups is 2.